The Kier molecular flexibility index (Phi) is 7.68. The smallest absolute Gasteiger partial charge is 0.419 e. The van der Waals surface area contributed by atoms with E-state index >= 15 is 0 Å². The number of ether oxygens (including phenoxy) is 2. The van der Waals surface area contributed by atoms with Crippen molar-refractivity contribution in [1.82, 2.24) is 0 Å². The van der Waals surface area contributed by atoms with Gasteiger partial charge in [0.25, 0.3) is 0 Å². The van der Waals surface area contributed by atoms with Crippen molar-refractivity contribution < 1.29 is 37.2 Å². The average molecular weight is 466 g/mol. The maximum absolute atomic E-state index is 13.7. The van der Waals surface area contributed by atoms with Crippen LogP contribution in [0.2, 0.25) is 0 Å². The van der Waals surface area contributed by atoms with Crippen molar-refractivity contribution in [3.05, 3.63) is 104 Å². The van der Waals surface area contributed by atoms with Gasteiger partial charge in [-0.2, -0.15) is 4.57 Å². The third-order valence-electron chi connectivity index (χ3n) is 3.83. The average Bonchev–Trinajstić information content (AvgIpc) is 2.82. The van der Waals surface area contributed by atoms with E-state index in [1.54, 1.807) is 54.6 Å². The molecule has 0 aromatic heterocycles. The van der Waals surface area contributed by atoms with Crippen molar-refractivity contribution in [1.29, 1.82) is 0 Å². The minimum absolute atomic E-state index is 0.0331. The van der Waals surface area contributed by atoms with Crippen molar-refractivity contribution in [3.63, 3.8) is 0 Å². The first kappa shape index (κ1) is 23.4. The molecule has 9 heteroatoms. The summed E-state index contributed by atoms with van der Waals surface area (Å²) in [5, 5.41) is 0. The molecule has 0 amide bonds. The third-order valence-corrected chi connectivity index (χ3v) is 5.11. The Morgan fingerprint density at radius 3 is 1.42 bits per heavy atom. The highest BCUT2D eigenvalue weighted by Gasteiger charge is 2.35. The summed E-state index contributed by atoms with van der Waals surface area (Å²) in [6, 6.07) is 20.2. The van der Waals surface area contributed by atoms with Gasteiger partial charge in [-0.3, -0.25) is 0 Å². The number of hydrogen-bond acceptors (Lipinski definition) is 8. The number of rotatable bonds is 10. The van der Waals surface area contributed by atoms with Gasteiger partial charge in [0.2, 0.25) is 0 Å². The summed E-state index contributed by atoms with van der Waals surface area (Å²) in [4.78, 5) is 23.3. The van der Waals surface area contributed by atoms with Gasteiger partial charge in [-0.25, -0.2) is 9.59 Å². The Morgan fingerprint density at radius 1 is 0.606 bits per heavy atom. The molecule has 8 nitrogen and oxygen atoms in total. The highest BCUT2D eigenvalue weighted by molar-refractivity contribution is 7.49. The van der Waals surface area contributed by atoms with Crippen LogP contribution in [-0.4, -0.2) is 11.9 Å². The van der Waals surface area contributed by atoms with E-state index in [0.29, 0.717) is 0 Å². The Labute approximate surface area is 190 Å². The van der Waals surface area contributed by atoms with Gasteiger partial charge < -0.3 is 23.0 Å². The van der Waals surface area contributed by atoms with Gasteiger partial charge in [0.05, 0.1) is 0 Å². The lowest BCUT2D eigenvalue weighted by Crippen LogP contribution is -2.11. The van der Waals surface area contributed by atoms with Crippen LogP contribution in [0.25, 0.3) is 0 Å². The van der Waals surface area contributed by atoms with Gasteiger partial charge in [-0.15, -0.1) is 0 Å². The summed E-state index contributed by atoms with van der Waals surface area (Å²) in [5.74, 6) is -1.55. The van der Waals surface area contributed by atoms with E-state index in [1.165, 1.54) is 24.3 Å². The second-order valence-electron chi connectivity index (χ2n) is 6.18. The summed E-state index contributed by atoms with van der Waals surface area (Å²) in [7, 11) is -4.48. The van der Waals surface area contributed by atoms with Crippen LogP contribution < -0.4 is 23.0 Å². The molecule has 3 aromatic rings. The third kappa shape index (κ3) is 6.59. The lowest BCUT2D eigenvalue weighted by Gasteiger charge is -2.21. The Bertz CT molecular complexity index is 1130. The molecule has 0 saturated heterocycles. The number of hydrogen-bond donors (Lipinski definition) is 0. The molecule has 0 aliphatic rings. The standard InChI is InChI=1S/C24H19O8P/c1-3-23(25)28-19-14-8-10-16-21(19)31-33(27,30-18-12-6-5-7-13-18)32-22-17-11-9-15-20(22)29-24(26)4-2/h3-17H,1-2H2. The summed E-state index contributed by atoms with van der Waals surface area (Å²) in [5.41, 5.74) is 0. The van der Waals surface area contributed by atoms with Crippen LogP contribution in [0.15, 0.2) is 104 Å². The lowest BCUT2D eigenvalue weighted by molar-refractivity contribution is -0.129. The molecule has 33 heavy (non-hydrogen) atoms. The fraction of sp³-hybridized carbons (Fsp3) is 0. The number of esters is 2. The van der Waals surface area contributed by atoms with Gasteiger partial charge in [-0.05, 0) is 36.4 Å². The van der Waals surface area contributed by atoms with Crippen molar-refractivity contribution in [2.45, 2.75) is 0 Å². The van der Waals surface area contributed by atoms with E-state index in [9.17, 15) is 14.2 Å². The largest absolute Gasteiger partial charge is 0.647 e. The molecule has 0 aliphatic heterocycles. The van der Waals surface area contributed by atoms with Crippen LogP contribution >= 0.6 is 7.82 Å². The number of para-hydroxylation sites is 5. The molecular weight excluding hydrogens is 447 g/mol. The quantitative estimate of drug-likeness (QED) is 0.167. The minimum atomic E-state index is -4.48. The van der Waals surface area contributed by atoms with Gasteiger partial charge in [0.1, 0.15) is 5.75 Å². The maximum atomic E-state index is 13.7. The molecule has 0 fully saturated rings. The van der Waals surface area contributed by atoms with Crippen molar-refractivity contribution in [3.8, 4) is 28.7 Å². The zero-order valence-corrected chi connectivity index (χ0v) is 18.2. The lowest BCUT2D eigenvalue weighted by atomic mass is 10.3. The van der Waals surface area contributed by atoms with E-state index < -0.39 is 19.8 Å². The Hall–Kier alpha value is -4.29. The van der Waals surface area contributed by atoms with Crippen molar-refractivity contribution in [2.75, 3.05) is 0 Å². The summed E-state index contributed by atoms with van der Waals surface area (Å²) in [6.45, 7) is 6.69. The van der Waals surface area contributed by atoms with Crippen LogP contribution in [0.1, 0.15) is 0 Å². The second-order valence-corrected chi connectivity index (χ2v) is 7.62. The summed E-state index contributed by atoms with van der Waals surface area (Å²) < 4.78 is 40.8. The Morgan fingerprint density at radius 2 is 1.00 bits per heavy atom. The van der Waals surface area contributed by atoms with Gasteiger partial charge in [0, 0.05) is 12.2 Å². The zero-order valence-electron chi connectivity index (χ0n) is 17.3. The molecule has 0 radical (unpaired) electrons. The minimum Gasteiger partial charge on any atom is -0.419 e. The van der Waals surface area contributed by atoms with Crippen molar-refractivity contribution in [2.24, 2.45) is 0 Å². The molecule has 0 aliphatic carbocycles. The van der Waals surface area contributed by atoms with Gasteiger partial charge >= 0.3 is 19.8 Å². The van der Waals surface area contributed by atoms with E-state index in [0.717, 1.165) is 12.2 Å². The van der Waals surface area contributed by atoms with E-state index in [-0.39, 0.29) is 28.7 Å². The van der Waals surface area contributed by atoms with Crippen LogP contribution in [0, 0.1) is 0 Å². The predicted octanol–water partition coefficient (Wildman–Crippen LogP) is 5.51. The fourth-order valence-electron chi connectivity index (χ4n) is 2.43. The second kappa shape index (κ2) is 10.8. The number of carbonyl (C=O) groups excluding carboxylic acids is 2. The molecule has 0 spiro atoms. The molecule has 0 saturated carbocycles. The number of phosphoric acid groups is 1. The highest BCUT2D eigenvalue weighted by atomic mass is 31.2. The monoisotopic (exact) mass is 466 g/mol. The fourth-order valence-corrected chi connectivity index (χ4v) is 3.70. The SMILES string of the molecule is C=CC(=O)Oc1ccccc1OP(=O)(Oc1ccccc1)Oc1ccccc1OC(=O)C=C. The summed E-state index contributed by atoms with van der Waals surface area (Å²) >= 11 is 0. The zero-order chi connectivity index (χ0) is 23.7. The van der Waals surface area contributed by atoms with Crippen LogP contribution in [0.5, 0.6) is 28.7 Å². The van der Waals surface area contributed by atoms with E-state index in [4.69, 9.17) is 23.0 Å². The van der Waals surface area contributed by atoms with Gasteiger partial charge in [0.15, 0.2) is 23.0 Å². The Balaban J connectivity index is 1.98. The molecular formula is C24H19O8P. The van der Waals surface area contributed by atoms with Crippen molar-refractivity contribution >= 4 is 19.8 Å². The summed E-state index contributed by atoms with van der Waals surface area (Å²) in [6.07, 6.45) is 1.94. The van der Waals surface area contributed by atoms with E-state index in [2.05, 4.69) is 13.2 Å². The first-order chi connectivity index (χ1) is 15.9. The molecule has 3 rings (SSSR count). The first-order valence-corrected chi connectivity index (χ1v) is 11.0. The number of carbonyl (C=O) groups is 2. The molecule has 0 unspecified atom stereocenters. The van der Waals surface area contributed by atoms with Crippen LogP contribution in [0.3, 0.4) is 0 Å². The molecule has 168 valence electrons. The van der Waals surface area contributed by atoms with Crippen LogP contribution in [-0.2, 0) is 14.2 Å². The molecule has 0 heterocycles. The topological polar surface area (TPSA) is 97.4 Å². The molecule has 0 N–H and O–H groups in total. The molecule has 0 atom stereocenters. The normalized spacial score (nSPS) is 10.4. The first-order valence-electron chi connectivity index (χ1n) is 9.53. The highest BCUT2D eigenvalue weighted by Crippen LogP contribution is 2.53. The predicted molar refractivity (Wildman–Crippen MR) is 120 cm³/mol. The number of phosphoric ester groups is 1. The number of benzene rings is 3. The van der Waals surface area contributed by atoms with Crippen LogP contribution in [0.4, 0.5) is 0 Å². The maximum Gasteiger partial charge on any atom is 0.647 e. The molecule has 0 bridgehead atoms. The van der Waals surface area contributed by atoms with E-state index in [1.807, 2.05) is 0 Å². The molecule has 3 aromatic carbocycles. The van der Waals surface area contributed by atoms with Gasteiger partial charge in [-0.1, -0.05) is 55.6 Å².